The van der Waals surface area contributed by atoms with Crippen molar-refractivity contribution >= 4 is 28.1 Å². The first-order chi connectivity index (χ1) is 8.88. The van der Waals surface area contributed by atoms with Gasteiger partial charge in [-0.25, -0.2) is 0 Å². The average molecular weight is 282 g/mol. The van der Waals surface area contributed by atoms with E-state index in [1.54, 1.807) is 25.1 Å². The lowest BCUT2D eigenvalue weighted by molar-refractivity contribution is -0.115. The number of nitrogens with one attached hydrogen (secondary N) is 1. The molecule has 1 rings (SSSR count). The number of hydrogen-bond acceptors (Lipinski definition) is 3. The first-order valence-electron chi connectivity index (χ1n) is 6.43. The summed E-state index contributed by atoms with van der Waals surface area (Å²) < 4.78 is 12.1. The molecule has 1 aromatic carbocycles. The van der Waals surface area contributed by atoms with Crippen LogP contribution in [0.25, 0.3) is 0 Å². The van der Waals surface area contributed by atoms with Gasteiger partial charge in [0.2, 0.25) is 5.91 Å². The van der Waals surface area contributed by atoms with E-state index >= 15 is 0 Å². The smallest absolute Gasteiger partial charge is 0.239 e. The van der Waals surface area contributed by atoms with Gasteiger partial charge in [0.15, 0.2) is 0 Å². The zero-order valence-corrected chi connectivity index (χ0v) is 12.7. The van der Waals surface area contributed by atoms with Gasteiger partial charge in [0.25, 0.3) is 0 Å². The third-order valence-corrected chi connectivity index (χ3v) is 5.36. The number of rotatable bonds is 5. The van der Waals surface area contributed by atoms with Crippen LogP contribution in [0.5, 0.6) is 0 Å². The summed E-state index contributed by atoms with van der Waals surface area (Å²) in [5, 5.41) is 2.28. The molecular weight excluding hydrogens is 260 g/mol. The number of anilines is 2. The van der Waals surface area contributed by atoms with Crippen molar-refractivity contribution in [2.24, 2.45) is 0 Å². The van der Waals surface area contributed by atoms with Gasteiger partial charge in [-0.05, 0) is 38.0 Å². The minimum atomic E-state index is -1.17. The fraction of sp³-hybridized carbons (Fsp3) is 0.500. The van der Waals surface area contributed by atoms with Crippen LogP contribution in [0.4, 0.5) is 11.4 Å². The molecule has 0 aliphatic rings. The molecule has 3 atom stereocenters. The topological polar surface area (TPSA) is 72.2 Å². The number of amides is 1. The number of carbonyl (C=O) groups is 1. The molecule has 0 aromatic heterocycles. The largest absolute Gasteiger partial charge is 0.398 e. The number of benzene rings is 1. The summed E-state index contributed by atoms with van der Waals surface area (Å²) in [6, 6.07) is 5.36. The van der Waals surface area contributed by atoms with Crippen LogP contribution in [-0.2, 0) is 15.6 Å². The zero-order chi connectivity index (χ0) is 14.6. The molecule has 1 aromatic rings. The summed E-state index contributed by atoms with van der Waals surface area (Å²) in [4.78, 5) is 12.1. The molecule has 0 radical (unpaired) electrons. The number of carbonyl (C=O) groups excluding carboxylic acids is 1. The Kier molecular flexibility index (Phi) is 5.54. The maximum atomic E-state index is 12.1. The van der Waals surface area contributed by atoms with Crippen LogP contribution in [-0.4, -0.2) is 20.6 Å². The molecule has 4 nitrogen and oxygen atoms in total. The third kappa shape index (κ3) is 3.80. The minimum absolute atomic E-state index is 0.0164. The summed E-state index contributed by atoms with van der Waals surface area (Å²) >= 11 is 0. The van der Waals surface area contributed by atoms with Crippen molar-refractivity contribution in [3.8, 4) is 0 Å². The van der Waals surface area contributed by atoms with Crippen LogP contribution < -0.4 is 11.1 Å². The first kappa shape index (κ1) is 15.7. The molecule has 0 aliphatic carbocycles. The molecule has 0 saturated carbocycles. The summed E-state index contributed by atoms with van der Waals surface area (Å²) in [6.07, 6.45) is 0.793. The van der Waals surface area contributed by atoms with Gasteiger partial charge in [-0.1, -0.05) is 19.9 Å². The van der Waals surface area contributed by atoms with E-state index in [0.29, 0.717) is 11.4 Å². The van der Waals surface area contributed by atoms with Crippen LogP contribution in [0.3, 0.4) is 0 Å². The highest BCUT2D eigenvalue weighted by Gasteiger charge is 2.24. The summed E-state index contributed by atoms with van der Waals surface area (Å²) in [7, 11) is -1.17. The van der Waals surface area contributed by atoms with Crippen molar-refractivity contribution < 1.29 is 9.00 Å². The zero-order valence-electron chi connectivity index (χ0n) is 11.9. The molecule has 19 heavy (non-hydrogen) atoms. The monoisotopic (exact) mass is 282 g/mol. The van der Waals surface area contributed by atoms with Crippen molar-refractivity contribution in [2.45, 2.75) is 44.6 Å². The molecule has 0 bridgehead atoms. The van der Waals surface area contributed by atoms with Crippen LogP contribution >= 0.6 is 0 Å². The van der Waals surface area contributed by atoms with Gasteiger partial charge in [0, 0.05) is 27.4 Å². The third-order valence-electron chi connectivity index (χ3n) is 3.32. The maximum Gasteiger partial charge on any atom is 0.239 e. The number of nitrogen functional groups attached to an aromatic ring is 1. The van der Waals surface area contributed by atoms with Crippen molar-refractivity contribution in [1.29, 1.82) is 0 Å². The molecule has 0 aliphatic heterocycles. The van der Waals surface area contributed by atoms with E-state index < -0.39 is 16.0 Å². The highest BCUT2D eigenvalue weighted by Crippen LogP contribution is 2.21. The molecule has 106 valence electrons. The lowest BCUT2D eigenvalue weighted by atomic mass is 10.1. The minimum Gasteiger partial charge on any atom is -0.398 e. The SMILES string of the molecule is CCC(C)S(=O)C(C)C(=O)Nc1cccc(N)c1C. The number of nitrogens with two attached hydrogens (primary N) is 1. The standard InChI is InChI=1S/C14H22N2O2S/c1-5-9(2)19(18)11(4)14(17)16-13-8-6-7-12(15)10(13)3/h6-9,11H,5,15H2,1-4H3,(H,16,17). The van der Waals surface area contributed by atoms with Gasteiger partial charge in [-0.3, -0.25) is 9.00 Å². The lowest BCUT2D eigenvalue weighted by Crippen LogP contribution is -2.33. The van der Waals surface area contributed by atoms with Crippen LogP contribution in [0.2, 0.25) is 0 Å². The molecule has 0 saturated heterocycles. The first-order valence-corrected chi connectivity index (χ1v) is 7.71. The summed E-state index contributed by atoms with van der Waals surface area (Å²) in [6.45, 7) is 7.40. The van der Waals surface area contributed by atoms with Crippen molar-refractivity contribution in [2.75, 3.05) is 11.1 Å². The van der Waals surface area contributed by atoms with E-state index in [9.17, 15) is 9.00 Å². The van der Waals surface area contributed by atoms with Crippen LogP contribution in [0.1, 0.15) is 32.8 Å². The quantitative estimate of drug-likeness (QED) is 0.815. The fourth-order valence-electron chi connectivity index (χ4n) is 1.64. The van der Waals surface area contributed by atoms with E-state index in [4.69, 9.17) is 5.73 Å². The van der Waals surface area contributed by atoms with E-state index in [0.717, 1.165) is 12.0 Å². The highest BCUT2D eigenvalue weighted by atomic mass is 32.2. The van der Waals surface area contributed by atoms with E-state index in [2.05, 4.69) is 5.32 Å². The Morgan fingerprint density at radius 2 is 2.05 bits per heavy atom. The fourth-order valence-corrected chi connectivity index (χ4v) is 2.94. The predicted octanol–water partition coefficient (Wildman–Crippen LogP) is 2.45. The molecule has 0 fully saturated rings. The van der Waals surface area contributed by atoms with Gasteiger partial charge >= 0.3 is 0 Å². The summed E-state index contributed by atoms with van der Waals surface area (Å²) in [5.41, 5.74) is 7.93. The van der Waals surface area contributed by atoms with Crippen LogP contribution in [0.15, 0.2) is 18.2 Å². The molecule has 3 N–H and O–H groups in total. The van der Waals surface area contributed by atoms with Gasteiger partial charge in [-0.2, -0.15) is 0 Å². The Labute approximate surface area is 117 Å². The van der Waals surface area contributed by atoms with E-state index in [1.165, 1.54) is 0 Å². The van der Waals surface area contributed by atoms with Gasteiger partial charge in [-0.15, -0.1) is 0 Å². The highest BCUT2D eigenvalue weighted by molar-refractivity contribution is 7.87. The number of hydrogen-bond donors (Lipinski definition) is 2. The predicted molar refractivity (Wildman–Crippen MR) is 81.6 cm³/mol. The van der Waals surface area contributed by atoms with Crippen molar-refractivity contribution in [1.82, 2.24) is 0 Å². The van der Waals surface area contributed by atoms with Gasteiger partial charge in [0.05, 0.1) is 0 Å². The van der Waals surface area contributed by atoms with Crippen LogP contribution in [0, 0.1) is 6.92 Å². The Hall–Kier alpha value is -1.36. The van der Waals surface area contributed by atoms with Gasteiger partial charge in [0.1, 0.15) is 5.25 Å². The average Bonchev–Trinajstić information content (AvgIpc) is 2.41. The Morgan fingerprint density at radius 3 is 2.63 bits per heavy atom. The molecule has 0 heterocycles. The molecule has 0 spiro atoms. The van der Waals surface area contributed by atoms with E-state index in [-0.39, 0.29) is 11.2 Å². The molecule has 1 amide bonds. The molecule has 3 unspecified atom stereocenters. The normalized spacial score (nSPS) is 15.6. The molecular formula is C14H22N2O2S. The van der Waals surface area contributed by atoms with Crippen molar-refractivity contribution in [3.05, 3.63) is 23.8 Å². The van der Waals surface area contributed by atoms with E-state index in [1.807, 2.05) is 20.8 Å². The Bertz CT molecular complexity index is 488. The summed E-state index contributed by atoms with van der Waals surface area (Å²) in [5.74, 6) is -0.229. The van der Waals surface area contributed by atoms with Gasteiger partial charge < -0.3 is 11.1 Å². The Morgan fingerprint density at radius 1 is 1.42 bits per heavy atom. The second kappa shape index (κ2) is 6.70. The second-order valence-electron chi connectivity index (χ2n) is 4.70. The Balaban J connectivity index is 2.80. The maximum absolute atomic E-state index is 12.1. The second-order valence-corrected chi connectivity index (χ2v) is 6.87. The molecule has 5 heteroatoms. The van der Waals surface area contributed by atoms with Crippen molar-refractivity contribution in [3.63, 3.8) is 0 Å². The lowest BCUT2D eigenvalue weighted by Gasteiger charge is -2.17.